The quantitative estimate of drug-likeness (QED) is 0.763. The number of hydrogen-bond acceptors (Lipinski definition) is 2. The van der Waals surface area contributed by atoms with Gasteiger partial charge in [-0.2, -0.15) is 0 Å². The summed E-state index contributed by atoms with van der Waals surface area (Å²) in [6.07, 6.45) is 0. The number of nitrogens with zero attached hydrogens (tertiary/aromatic N) is 1. The first-order valence-corrected chi connectivity index (χ1v) is 7.09. The van der Waals surface area contributed by atoms with Crippen LogP contribution in [0.15, 0.2) is 42.5 Å². The van der Waals surface area contributed by atoms with Gasteiger partial charge in [0.25, 0.3) is 5.91 Å². The first-order chi connectivity index (χ1) is 11.0. The third-order valence-electron chi connectivity index (χ3n) is 3.54. The summed E-state index contributed by atoms with van der Waals surface area (Å²) in [6.45, 7) is 3.69. The highest BCUT2D eigenvalue weighted by atomic mass is 19.2. The number of amides is 1. The van der Waals surface area contributed by atoms with Gasteiger partial charge in [0, 0.05) is 11.1 Å². The SMILES string of the molecule is Cc1ccc2nc(C)cc(C(=O)Nc3cccc(F)c3F)c2c1. The third kappa shape index (κ3) is 2.90. The molecule has 1 heterocycles. The van der Waals surface area contributed by atoms with Crippen LogP contribution < -0.4 is 5.32 Å². The number of aryl methyl sites for hydroxylation is 2. The summed E-state index contributed by atoms with van der Waals surface area (Å²) >= 11 is 0. The molecule has 1 amide bonds. The molecular weight excluding hydrogens is 298 g/mol. The molecule has 3 nitrogen and oxygen atoms in total. The smallest absolute Gasteiger partial charge is 0.256 e. The van der Waals surface area contributed by atoms with Crippen molar-refractivity contribution >= 4 is 22.5 Å². The molecule has 23 heavy (non-hydrogen) atoms. The Bertz CT molecular complexity index is 922. The molecule has 1 N–H and O–H groups in total. The molecule has 0 aliphatic carbocycles. The van der Waals surface area contributed by atoms with Crippen LogP contribution in [0.1, 0.15) is 21.6 Å². The van der Waals surface area contributed by atoms with Crippen LogP contribution in [0.3, 0.4) is 0 Å². The fraction of sp³-hybridized carbons (Fsp3) is 0.111. The van der Waals surface area contributed by atoms with Gasteiger partial charge >= 0.3 is 0 Å². The van der Waals surface area contributed by atoms with Crippen molar-refractivity contribution in [3.63, 3.8) is 0 Å². The summed E-state index contributed by atoms with van der Waals surface area (Å²) in [5, 5.41) is 3.10. The molecule has 0 saturated carbocycles. The summed E-state index contributed by atoms with van der Waals surface area (Å²) in [6, 6.07) is 10.9. The van der Waals surface area contributed by atoms with E-state index in [1.54, 1.807) is 13.0 Å². The fourth-order valence-corrected chi connectivity index (χ4v) is 2.45. The van der Waals surface area contributed by atoms with E-state index in [1.807, 2.05) is 25.1 Å². The van der Waals surface area contributed by atoms with Crippen molar-refractivity contribution in [1.82, 2.24) is 4.98 Å². The standard InChI is InChI=1S/C18H14F2N2O/c1-10-6-7-15-12(8-10)13(9-11(2)21-15)18(23)22-16-5-3-4-14(19)17(16)20/h3-9H,1-2H3,(H,22,23). The molecule has 0 aliphatic heterocycles. The van der Waals surface area contributed by atoms with E-state index in [4.69, 9.17) is 0 Å². The Hall–Kier alpha value is -2.82. The van der Waals surface area contributed by atoms with Crippen molar-refractivity contribution in [1.29, 1.82) is 0 Å². The molecule has 0 saturated heterocycles. The van der Waals surface area contributed by atoms with Crippen LogP contribution in [-0.2, 0) is 0 Å². The number of nitrogens with one attached hydrogen (secondary N) is 1. The largest absolute Gasteiger partial charge is 0.319 e. The second-order valence-electron chi connectivity index (χ2n) is 5.39. The zero-order valence-corrected chi connectivity index (χ0v) is 12.7. The van der Waals surface area contributed by atoms with Crippen LogP contribution in [0.4, 0.5) is 14.5 Å². The average Bonchev–Trinajstić information content (AvgIpc) is 2.51. The molecule has 3 rings (SSSR count). The Balaban J connectivity index is 2.07. The Morgan fingerprint density at radius 1 is 1.09 bits per heavy atom. The third-order valence-corrected chi connectivity index (χ3v) is 3.54. The van der Waals surface area contributed by atoms with Crippen LogP contribution in [0.5, 0.6) is 0 Å². The molecular formula is C18H14F2N2O. The number of fused-ring (bicyclic) bond motifs is 1. The molecule has 116 valence electrons. The average molecular weight is 312 g/mol. The van der Waals surface area contributed by atoms with Gasteiger partial charge in [0.05, 0.1) is 16.8 Å². The first-order valence-electron chi connectivity index (χ1n) is 7.09. The predicted octanol–water partition coefficient (Wildman–Crippen LogP) is 4.38. The van der Waals surface area contributed by atoms with Crippen LogP contribution in [-0.4, -0.2) is 10.9 Å². The molecule has 0 fully saturated rings. The molecule has 1 aromatic heterocycles. The molecule has 0 unspecified atom stereocenters. The maximum Gasteiger partial charge on any atom is 0.256 e. The van der Waals surface area contributed by atoms with Gasteiger partial charge in [-0.05, 0) is 44.2 Å². The van der Waals surface area contributed by atoms with Crippen molar-refractivity contribution < 1.29 is 13.6 Å². The van der Waals surface area contributed by atoms with Crippen molar-refractivity contribution in [2.75, 3.05) is 5.32 Å². The minimum absolute atomic E-state index is 0.190. The highest BCUT2D eigenvalue weighted by Crippen LogP contribution is 2.23. The van der Waals surface area contributed by atoms with E-state index in [1.165, 1.54) is 12.1 Å². The number of rotatable bonds is 2. The molecule has 5 heteroatoms. The van der Waals surface area contributed by atoms with Crippen LogP contribution in [0.2, 0.25) is 0 Å². The predicted molar refractivity (Wildman–Crippen MR) is 85.5 cm³/mol. The number of hydrogen-bond donors (Lipinski definition) is 1. The number of aromatic nitrogens is 1. The van der Waals surface area contributed by atoms with Gasteiger partial charge in [-0.1, -0.05) is 17.7 Å². The van der Waals surface area contributed by atoms with E-state index in [0.717, 1.165) is 11.6 Å². The van der Waals surface area contributed by atoms with Crippen molar-refractivity contribution in [2.24, 2.45) is 0 Å². The van der Waals surface area contributed by atoms with Crippen LogP contribution in [0, 0.1) is 25.5 Å². The summed E-state index contributed by atoms with van der Waals surface area (Å²) in [5.41, 5.74) is 2.52. The normalized spacial score (nSPS) is 10.8. The van der Waals surface area contributed by atoms with Crippen LogP contribution >= 0.6 is 0 Å². The summed E-state index contributed by atoms with van der Waals surface area (Å²) in [7, 11) is 0. The second-order valence-corrected chi connectivity index (χ2v) is 5.39. The van der Waals surface area contributed by atoms with E-state index in [9.17, 15) is 13.6 Å². The molecule has 0 radical (unpaired) electrons. The summed E-state index contributed by atoms with van der Waals surface area (Å²) < 4.78 is 27.0. The number of halogens is 2. The number of carbonyl (C=O) groups excluding carboxylic acids is 1. The summed E-state index contributed by atoms with van der Waals surface area (Å²) in [5.74, 6) is -2.59. The van der Waals surface area contributed by atoms with Crippen molar-refractivity contribution in [2.45, 2.75) is 13.8 Å². The Morgan fingerprint density at radius 3 is 2.65 bits per heavy atom. The minimum atomic E-state index is -1.08. The summed E-state index contributed by atoms with van der Waals surface area (Å²) in [4.78, 5) is 16.9. The first kappa shape index (κ1) is 15.1. The van der Waals surface area contributed by atoms with Crippen molar-refractivity contribution in [3.05, 3.63) is 70.9 Å². The number of benzene rings is 2. The zero-order chi connectivity index (χ0) is 16.6. The lowest BCUT2D eigenvalue weighted by molar-refractivity contribution is 0.102. The lowest BCUT2D eigenvalue weighted by Crippen LogP contribution is -2.14. The minimum Gasteiger partial charge on any atom is -0.319 e. The van der Waals surface area contributed by atoms with Crippen molar-refractivity contribution in [3.8, 4) is 0 Å². The second kappa shape index (κ2) is 5.76. The topological polar surface area (TPSA) is 42.0 Å². The van der Waals surface area contributed by atoms with Gasteiger partial charge in [0.15, 0.2) is 11.6 Å². The van der Waals surface area contributed by atoms with Gasteiger partial charge in [-0.25, -0.2) is 8.78 Å². The van der Waals surface area contributed by atoms with E-state index < -0.39 is 17.5 Å². The number of pyridine rings is 1. The fourth-order valence-electron chi connectivity index (χ4n) is 2.45. The maximum absolute atomic E-state index is 13.7. The Morgan fingerprint density at radius 2 is 1.87 bits per heavy atom. The van der Waals surface area contributed by atoms with Gasteiger partial charge in [0.1, 0.15) is 0 Å². The van der Waals surface area contributed by atoms with Gasteiger partial charge in [0.2, 0.25) is 0 Å². The van der Waals surface area contributed by atoms with Gasteiger partial charge in [-0.3, -0.25) is 9.78 Å². The van der Waals surface area contributed by atoms with E-state index >= 15 is 0 Å². The lowest BCUT2D eigenvalue weighted by atomic mass is 10.0. The lowest BCUT2D eigenvalue weighted by Gasteiger charge is -2.10. The molecule has 0 atom stereocenters. The highest BCUT2D eigenvalue weighted by Gasteiger charge is 2.15. The number of anilines is 1. The molecule has 0 bridgehead atoms. The Kier molecular flexibility index (Phi) is 3.78. The number of carbonyl (C=O) groups is 1. The molecule has 0 spiro atoms. The van der Waals surface area contributed by atoms with Gasteiger partial charge in [-0.15, -0.1) is 0 Å². The maximum atomic E-state index is 13.7. The van der Waals surface area contributed by atoms with Crippen LogP contribution in [0.25, 0.3) is 10.9 Å². The highest BCUT2D eigenvalue weighted by molar-refractivity contribution is 6.12. The zero-order valence-electron chi connectivity index (χ0n) is 12.7. The monoisotopic (exact) mass is 312 g/mol. The van der Waals surface area contributed by atoms with E-state index in [0.29, 0.717) is 22.2 Å². The van der Waals surface area contributed by atoms with E-state index in [-0.39, 0.29) is 5.69 Å². The van der Waals surface area contributed by atoms with Gasteiger partial charge < -0.3 is 5.32 Å². The Labute approximate surface area is 132 Å². The molecule has 2 aromatic carbocycles. The van der Waals surface area contributed by atoms with E-state index in [2.05, 4.69) is 10.3 Å². The molecule has 0 aliphatic rings. The molecule has 3 aromatic rings.